The highest BCUT2D eigenvalue weighted by molar-refractivity contribution is 5.77. The van der Waals surface area contributed by atoms with Gasteiger partial charge in [0, 0.05) is 0 Å². The zero-order valence-electron chi connectivity index (χ0n) is 12.6. The molecule has 1 aromatic rings. The van der Waals surface area contributed by atoms with E-state index in [0.29, 0.717) is 0 Å². The summed E-state index contributed by atoms with van der Waals surface area (Å²) < 4.78 is 5.45. The van der Waals surface area contributed by atoms with E-state index < -0.39 is 0 Å². The van der Waals surface area contributed by atoms with Crippen molar-refractivity contribution in [3.05, 3.63) is 35.4 Å². The summed E-state index contributed by atoms with van der Waals surface area (Å²) in [5.74, 6) is -0.0815. The van der Waals surface area contributed by atoms with Crippen molar-refractivity contribution in [2.75, 3.05) is 6.61 Å². The van der Waals surface area contributed by atoms with Gasteiger partial charge in [0.15, 0.2) is 0 Å². The van der Waals surface area contributed by atoms with Crippen LogP contribution in [0.1, 0.15) is 51.8 Å². The molecule has 0 aliphatic heterocycles. The minimum Gasteiger partial charge on any atom is -0.366 e. The molecule has 1 aromatic carbocycles. The van der Waals surface area contributed by atoms with Crippen LogP contribution in [0.3, 0.4) is 0 Å². The zero-order valence-corrected chi connectivity index (χ0v) is 12.6. The van der Waals surface area contributed by atoms with Crippen molar-refractivity contribution in [2.24, 2.45) is 0 Å². The lowest BCUT2D eigenvalue weighted by molar-refractivity contribution is -0.131. The van der Waals surface area contributed by atoms with Crippen LogP contribution in [0.4, 0.5) is 0 Å². The lowest BCUT2D eigenvalue weighted by Gasteiger charge is -2.20. The Labute approximate surface area is 116 Å². The summed E-state index contributed by atoms with van der Waals surface area (Å²) in [5.41, 5.74) is 2.13. The molecule has 0 spiro atoms. The topological polar surface area (TPSA) is 38.3 Å². The van der Waals surface area contributed by atoms with Crippen LogP contribution in [0.15, 0.2) is 24.3 Å². The maximum absolute atomic E-state index is 11.8. The monoisotopic (exact) mass is 263 g/mol. The highest BCUT2D eigenvalue weighted by Crippen LogP contribution is 2.14. The van der Waals surface area contributed by atoms with Gasteiger partial charge < -0.3 is 10.1 Å². The Hall–Kier alpha value is -1.35. The van der Waals surface area contributed by atoms with Crippen LogP contribution in [0.5, 0.6) is 0 Å². The second-order valence-corrected chi connectivity index (χ2v) is 5.79. The Morgan fingerprint density at radius 2 is 1.84 bits per heavy atom. The van der Waals surface area contributed by atoms with E-state index in [-0.39, 0.29) is 24.2 Å². The molecule has 0 radical (unpaired) electrons. The van der Waals surface area contributed by atoms with Crippen LogP contribution >= 0.6 is 0 Å². The molecule has 0 saturated heterocycles. The summed E-state index contributed by atoms with van der Waals surface area (Å²) in [6.07, 6.45) is 1.03. The smallest absolute Gasteiger partial charge is 0.246 e. The maximum atomic E-state index is 11.8. The SMILES string of the molecule is CCc1ccc(C(C)NC(=O)COC(C)(C)C)cc1. The van der Waals surface area contributed by atoms with Crippen molar-refractivity contribution in [3.63, 3.8) is 0 Å². The van der Waals surface area contributed by atoms with Gasteiger partial charge in [-0.25, -0.2) is 0 Å². The van der Waals surface area contributed by atoms with Gasteiger partial charge in [-0.05, 0) is 45.2 Å². The first-order valence-corrected chi connectivity index (χ1v) is 6.84. The molecule has 1 N–H and O–H groups in total. The fourth-order valence-corrected chi connectivity index (χ4v) is 1.69. The number of hydrogen-bond acceptors (Lipinski definition) is 2. The van der Waals surface area contributed by atoms with Crippen LogP contribution in [0.2, 0.25) is 0 Å². The predicted molar refractivity (Wildman–Crippen MR) is 78.1 cm³/mol. The third-order valence-corrected chi connectivity index (χ3v) is 2.90. The van der Waals surface area contributed by atoms with E-state index >= 15 is 0 Å². The van der Waals surface area contributed by atoms with Crippen molar-refractivity contribution in [3.8, 4) is 0 Å². The van der Waals surface area contributed by atoms with Crippen LogP contribution in [-0.4, -0.2) is 18.1 Å². The second kappa shape index (κ2) is 6.71. The molecule has 106 valence electrons. The fraction of sp³-hybridized carbons (Fsp3) is 0.562. The normalized spacial score (nSPS) is 13.1. The molecule has 0 aliphatic rings. The highest BCUT2D eigenvalue weighted by Gasteiger charge is 2.14. The quantitative estimate of drug-likeness (QED) is 0.885. The van der Waals surface area contributed by atoms with Crippen molar-refractivity contribution in [2.45, 2.75) is 52.7 Å². The van der Waals surface area contributed by atoms with Crippen molar-refractivity contribution >= 4 is 5.91 Å². The number of benzene rings is 1. The van der Waals surface area contributed by atoms with E-state index in [1.807, 2.05) is 27.7 Å². The van der Waals surface area contributed by atoms with Gasteiger partial charge in [-0.3, -0.25) is 4.79 Å². The molecule has 1 amide bonds. The standard InChI is InChI=1S/C16H25NO2/c1-6-13-7-9-14(10-8-13)12(2)17-15(18)11-19-16(3,4)5/h7-10,12H,6,11H2,1-5H3,(H,17,18). The third-order valence-electron chi connectivity index (χ3n) is 2.90. The number of aryl methyl sites for hydroxylation is 1. The van der Waals surface area contributed by atoms with Gasteiger partial charge in [-0.1, -0.05) is 31.2 Å². The summed E-state index contributed by atoms with van der Waals surface area (Å²) in [4.78, 5) is 11.8. The number of rotatable bonds is 5. The Morgan fingerprint density at radius 3 is 2.32 bits per heavy atom. The Morgan fingerprint density at radius 1 is 1.26 bits per heavy atom. The highest BCUT2D eigenvalue weighted by atomic mass is 16.5. The Balaban J connectivity index is 2.49. The molecule has 0 bridgehead atoms. The zero-order chi connectivity index (χ0) is 14.5. The number of carbonyl (C=O) groups is 1. The van der Waals surface area contributed by atoms with Gasteiger partial charge in [-0.2, -0.15) is 0 Å². The molecule has 0 fully saturated rings. The number of carbonyl (C=O) groups excluding carboxylic acids is 1. The van der Waals surface area contributed by atoms with Crippen molar-refractivity contribution in [1.82, 2.24) is 5.32 Å². The minimum atomic E-state index is -0.288. The average Bonchev–Trinajstić information content (AvgIpc) is 2.35. The summed E-state index contributed by atoms with van der Waals surface area (Å²) >= 11 is 0. The molecule has 1 rings (SSSR count). The first kappa shape index (κ1) is 15.7. The number of nitrogens with one attached hydrogen (secondary N) is 1. The lowest BCUT2D eigenvalue weighted by Crippen LogP contribution is -2.33. The van der Waals surface area contributed by atoms with Crippen LogP contribution in [0, 0.1) is 0 Å². The van der Waals surface area contributed by atoms with Crippen LogP contribution < -0.4 is 5.32 Å². The lowest BCUT2D eigenvalue weighted by atomic mass is 10.1. The van der Waals surface area contributed by atoms with E-state index in [0.717, 1.165) is 12.0 Å². The van der Waals surface area contributed by atoms with Gasteiger partial charge >= 0.3 is 0 Å². The average molecular weight is 263 g/mol. The van der Waals surface area contributed by atoms with E-state index in [4.69, 9.17) is 4.74 Å². The number of hydrogen-bond donors (Lipinski definition) is 1. The van der Waals surface area contributed by atoms with Gasteiger partial charge in [-0.15, -0.1) is 0 Å². The maximum Gasteiger partial charge on any atom is 0.246 e. The molecule has 1 unspecified atom stereocenters. The van der Waals surface area contributed by atoms with Crippen LogP contribution in [0.25, 0.3) is 0 Å². The van der Waals surface area contributed by atoms with Crippen molar-refractivity contribution in [1.29, 1.82) is 0 Å². The molecule has 19 heavy (non-hydrogen) atoms. The van der Waals surface area contributed by atoms with E-state index in [9.17, 15) is 4.79 Å². The molecule has 1 atom stereocenters. The predicted octanol–water partition coefficient (Wildman–Crippen LogP) is 3.24. The summed E-state index contributed by atoms with van der Waals surface area (Å²) in [5, 5.41) is 2.94. The molecule has 0 aliphatic carbocycles. The van der Waals surface area contributed by atoms with Crippen LogP contribution in [-0.2, 0) is 16.0 Å². The Kier molecular flexibility index (Phi) is 5.55. The first-order valence-electron chi connectivity index (χ1n) is 6.84. The van der Waals surface area contributed by atoms with Gasteiger partial charge in [0.05, 0.1) is 11.6 Å². The molecule has 3 nitrogen and oxygen atoms in total. The molecule has 0 heterocycles. The molecule has 0 aromatic heterocycles. The molecular formula is C16H25NO2. The summed E-state index contributed by atoms with van der Waals surface area (Å²) in [6.45, 7) is 10.0. The van der Waals surface area contributed by atoms with Gasteiger partial charge in [0.1, 0.15) is 6.61 Å². The van der Waals surface area contributed by atoms with Gasteiger partial charge in [0.2, 0.25) is 5.91 Å². The van der Waals surface area contributed by atoms with E-state index in [1.165, 1.54) is 5.56 Å². The molecule has 0 saturated carbocycles. The fourth-order valence-electron chi connectivity index (χ4n) is 1.69. The van der Waals surface area contributed by atoms with E-state index in [2.05, 4.69) is 36.5 Å². The molecule has 3 heteroatoms. The summed E-state index contributed by atoms with van der Waals surface area (Å²) in [7, 11) is 0. The van der Waals surface area contributed by atoms with Crippen molar-refractivity contribution < 1.29 is 9.53 Å². The van der Waals surface area contributed by atoms with Gasteiger partial charge in [0.25, 0.3) is 0 Å². The Bertz CT molecular complexity index is 404. The van der Waals surface area contributed by atoms with E-state index in [1.54, 1.807) is 0 Å². The number of ether oxygens (including phenoxy) is 1. The molecular weight excluding hydrogens is 238 g/mol. The third kappa shape index (κ3) is 5.88. The largest absolute Gasteiger partial charge is 0.366 e. The first-order chi connectivity index (χ1) is 8.81. The second-order valence-electron chi connectivity index (χ2n) is 5.79. The number of amides is 1. The summed E-state index contributed by atoms with van der Waals surface area (Å²) in [6, 6.07) is 8.33. The minimum absolute atomic E-state index is 0.00183.